The van der Waals surface area contributed by atoms with Crippen LogP contribution in [0.4, 0.5) is 10.5 Å². The molecule has 2 aliphatic rings. The minimum absolute atomic E-state index is 0.0857. The Labute approximate surface area is 111 Å². The van der Waals surface area contributed by atoms with Crippen LogP contribution in [-0.4, -0.2) is 22.4 Å². The highest BCUT2D eigenvalue weighted by Crippen LogP contribution is 2.35. The summed E-state index contributed by atoms with van der Waals surface area (Å²) in [4.78, 5) is 25.7. The van der Waals surface area contributed by atoms with Crippen molar-refractivity contribution in [3.63, 3.8) is 0 Å². The van der Waals surface area contributed by atoms with Gasteiger partial charge in [-0.3, -0.25) is 9.69 Å². The fourth-order valence-corrected chi connectivity index (χ4v) is 3.01. The number of carbonyl (C=O) groups excluding carboxylic acids is 2. The lowest BCUT2D eigenvalue weighted by molar-refractivity contribution is -0.131. The maximum Gasteiger partial charge on any atom is 0.325 e. The van der Waals surface area contributed by atoms with Gasteiger partial charge < -0.3 is 11.1 Å². The molecule has 100 valence electrons. The number of urea groups is 1. The lowest BCUT2D eigenvalue weighted by Gasteiger charge is -2.20. The lowest BCUT2D eigenvalue weighted by atomic mass is 9.98. The number of nitrogen functional groups attached to an aromatic ring is 1. The molecule has 1 heterocycles. The summed E-state index contributed by atoms with van der Waals surface area (Å²) in [6.45, 7) is 0.289. The largest absolute Gasteiger partial charge is 0.399 e. The molecule has 0 bridgehead atoms. The van der Waals surface area contributed by atoms with Gasteiger partial charge in [0.2, 0.25) is 0 Å². The molecule has 1 spiro atoms. The quantitative estimate of drug-likeness (QED) is 0.626. The molecule has 0 radical (unpaired) electrons. The van der Waals surface area contributed by atoms with Gasteiger partial charge in [0.25, 0.3) is 5.91 Å². The van der Waals surface area contributed by atoms with Crippen molar-refractivity contribution < 1.29 is 9.59 Å². The average molecular weight is 259 g/mol. The first-order valence-electron chi connectivity index (χ1n) is 6.59. The molecule has 3 rings (SSSR count). The van der Waals surface area contributed by atoms with E-state index in [0.717, 1.165) is 31.2 Å². The van der Waals surface area contributed by atoms with Crippen molar-refractivity contribution in [3.8, 4) is 0 Å². The van der Waals surface area contributed by atoms with Crippen molar-refractivity contribution in [2.45, 2.75) is 37.8 Å². The van der Waals surface area contributed by atoms with Crippen LogP contribution in [0.15, 0.2) is 24.3 Å². The van der Waals surface area contributed by atoms with Crippen LogP contribution in [0.5, 0.6) is 0 Å². The van der Waals surface area contributed by atoms with E-state index in [4.69, 9.17) is 5.73 Å². The molecule has 1 aromatic rings. The molecule has 3 amide bonds. The Morgan fingerprint density at radius 1 is 1.26 bits per heavy atom. The second-order valence-electron chi connectivity index (χ2n) is 5.36. The molecule has 19 heavy (non-hydrogen) atoms. The fraction of sp³-hybridized carbons (Fsp3) is 0.429. The van der Waals surface area contributed by atoms with E-state index in [1.54, 1.807) is 12.1 Å². The van der Waals surface area contributed by atoms with Gasteiger partial charge in [-0.1, -0.05) is 25.0 Å². The van der Waals surface area contributed by atoms with Crippen molar-refractivity contribution in [1.29, 1.82) is 0 Å². The van der Waals surface area contributed by atoms with Crippen LogP contribution in [0.25, 0.3) is 0 Å². The number of nitrogens with zero attached hydrogens (tertiary/aromatic N) is 1. The third-order valence-corrected chi connectivity index (χ3v) is 3.99. The van der Waals surface area contributed by atoms with Gasteiger partial charge in [-0.15, -0.1) is 0 Å². The zero-order valence-corrected chi connectivity index (χ0v) is 10.7. The summed E-state index contributed by atoms with van der Waals surface area (Å²) in [5, 5.41) is 2.87. The zero-order valence-electron chi connectivity index (χ0n) is 10.7. The van der Waals surface area contributed by atoms with Crippen molar-refractivity contribution >= 4 is 17.6 Å². The number of rotatable bonds is 2. The smallest absolute Gasteiger partial charge is 0.325 e. The second kappa shape index (κ2) is 4.26. The predicted octanol–water partition coefficient (Wildman–Crippen LogP) is 1.63. The standard InChI is InChI=1S/C14H17N3O2/c15-11-5-3-4-10(8-11)9-17-12(18)14(16-13(17)19)6-1-2-7-14/h3-5,8H,1-2,6-7,9,15H2,(H,16,19). The maximum absolute atomic E-state index is 12.4. The topological polar surface area (TPSA) is 75.4 Å². The molecule has 0 atom stereocenters. The van der Waals surface area contributed by atoms with Gasteiger partial charge in [0, 0.05) is 5.69 Å². The minimum atomic E-state index is -0.628. The number of carbonyl (C=O) groups is 2. The van der Waals surface area contributed by atoms with Crippen molar-refractivity contribution in [3.05, 3.63) is 29.8 Å². The molecule has 1 saturated heterocycles. The Hall–Kier alpha value is -2.04. The van der Waals surface area contributed by atoms with E-state index in [1.807, 2.05) is 12.1 Å². The Kier molecular flexibility index (Phi) is 2.69. The summed E-state index contributed by atoms with van der Waals surface area (Å²) in [6.07, 6.45) is 3.51. The molecule has 5 heteroatoms. The van der Waals surface area contributed by atoms with Crippen LogP contribution in [0, 0.1) is 0 Å². The number of benzene rings is 1. The van der Waals surface area contributed by atoms with E-state index in [-0.39, 0.29) is 18.5 Å². The van der Waals surface area contributed by atoms with Crippen LogP contribution < -0.4 is 11.1 Å². The Morgan fingerprint density at radius 2 is 2.00 bits per heavy atom. The summed E-state index contributed by atoms with van der Waals surface area (Å²) in [5.41, 5.74) is 6.60. The molecule has 3 N–H and O–H groups in total. The molecule has 1 aromatic carbocycles. The van der Waals surface area contributed by atoms with Crippen LogP contribution in [0.3, 0.4) is 0 Å². The summed E-state index contributed by atoms with van der Waals surface area (Å²) < 4.78 is 0. The average Bonchev–Trinajstić information content (AvgIpc) is 2.92. The van der Waals surface area contributed by atoms with E-state index < -0.39 is 5.54 Å². The third kappa shape index (κ3) is 1.95. The number of imide groups is 1. The van der Waals surface area contributed by atoms with Gasteiger partial charge in [0.05, 0.1) is 6.54 Å². The normalized spacial score (nSPS) is 21.2. The van der Waals surface area contributed by atoms with Crippen LogP contribution in [-0.2, 0) is 11.3 Å². The maximum atomic E-state index is 12.4. The molecule has 1 aliphatic carbocycles. The first-order valence-corrected chi connectivity index (χ1v) is 6.59. The van der Waals surface area contributed by atoms with Crippen LogP contribution >= 0.6 is 0 Å². The van der Waals surface area contributed by atoms with Gasteiger partial charge in [-0.25, -0.2) is 4.79 Å². The molecule has 0 unspecified atom stereocenters. The zero-order chi connectivity index (χ0) is 13.5. The summed E-state index contributed by atoms with van der Waals surface area (Å²) >= 11 is 0. The highest BCUT2D eigenvalue weighted by atomic mass is 16.2. The molecule has 5 nitrogen and oxygen atoms in total. The molecular formula is C14H17N3O2. The SMILES string of the molecule is Nc1cccc(CN2C(=O)NC3(CCCC3)C2=O)c1. The number of nitrogens with one attached hydrogen (secondary N) is 1. The lowest BCUT2D eigenvalue weighted by Crippen LogP contribution is -2.44. The second-order valence-corrected chi connectivity index (χ2v) is 5.36. The molecule has 0 aromatic heterocycles. The summed E-state index contributed by atoms with van der Waals surface area (Å²) in [5.74, 6) is -0.0857. The monoisotopic (exact) mass is 259 g/mol. The minimum Gasteiger partial charge on any atom is -0.399 e. The van der Waals surface area contributed by atoms with Gasteiger partial charge in [0.1, 0.15) is 5.54 Å². The molecule has 1 saturated carbocycles. The van der Waals surface area contributed by atoms with Gasteiger partial charge in [0.15, 0.2) is 0 Å². The predicted molar refractivity (Wildman–Crippen MR) is 71.1 cm³/mol. The Morgan fingerprint density at radius 3 is 2.68 bits per heavy atom. The molecule has 2 fully saturated rings. The van der Waals surface area contributed by atoms with E-state index in [0.29, 0.717) is 5.69 Å². The van der Waals surface area contributed by atoms with Gasteiger partial charge in [-0.05, 0) is 30.5 Å². The van der Waals surface area contributed by atoms with E-state index in [1.165, 1.54) is 4.90 Å². The van der Waals surface area contributed by atoms with Gasteiger partial charge >= 0.3 is 6.03 Å². The van der Waals surface area contributed by atoms with Crippen molar-refractivity contribution in [1.82, 2.24) is 10.2 Å². The summed E-state index contributed by atoms with van der Waals surface area (Å²) in [7, 11) is 0. The Balaban J connectivity index is 1.82. The van der Waals surface area contributed by atoms with Crippen molar-refractivity contribution in [2.24, 2.45) is 0 Å². The molecule has 1 aliphatic heterocycles. The fourth-order valence-electron chi connectivity index (χ4n) is 3.01. The van der Waals surface area contributed by atoms with Crippen molar-refractivity contribution in [2.75, 3.05) is 5.73 Å². The van der Waals surface area contributed by atoms with Gasteiger partial charge in [-0.2, -0.15) is 0 Å². The third-order valence-electron chi connectivity index (χ3n) is 3.99. The highest BCUT2D eigenvalue weighted by Gasteiger charge is 2.52. The number of hydrogen-bond acceptors (Lipinski definition) is 3. The number of amides is 3. The molecular weight excluding hydrogens is 242 g/mol. The number of nitrogens with two attached hydrogens (primary N) is 1. The first kappa shape index (κ1) is 12.0. The van der Waals surface area contributed by atoms with Crippen LogP contribution in [0.1, 0.15) is 31.2 Å². The van der Waals surface area contributed by atoms with Crippen LogP contribution in [0.2, 0.25) is 0 Å². The summed E-state index contributed by atoms with van der Waals surface area (Å²) in [6, 6.07) is 6.99. The van der Waals surface area contributed by atoms with E-state index in [9.17, 15) is 9.59 Å². The van der Waals surface area contributed by atoms with E-state index in [2.05, 4.69) is 5.32 Å². The Bertz CT molecular complexity index is 535. The number of anilines is 1. The van der Waals surface area contributed by atoms with E-state index >= 15 is 0 Å². The number of hydrogen-bond donors (Lipinski definition) is 2. The highest BCUT2D eigenvalue weighted by molar-refractivity contribution is 6.07. The first-order chi connectivity index (χ1) is 9.11.